The van der Waals surface area contributed by atoms with Crippen molar-refractivity contribution in [2.24, 2.45) is 5.92 Å². The van der Waals surface area contributed by atoms with Gasteiger partial charge in [0.1, 0.15) is 13.2 Å². The fourth-order valence-corrected chi connectivity index (χ4v) is 2.99. The molecule has 3 rings (SSSR count). The molecule has 0 bridgehead atoms. The lowest BCUT2D eigenvalue weighted by molar-refractivity contribution is 0.0924. The van der Waals surface area contributed by atoms with Crippen LogP contribution in [0.1, 0.15) is 41.4 Å². The summed E-state index contributed by atoms with van der Waals surface area (Å²) in [7, 11) is 0. The van der Waals surface area contributed by atoms with E-state index in [0.29, 0.717) is 24.5 Å². The molecule has 26 heavy (non-hydrogen) atoms. The highest BCUT2D eigenvalue weighted by molar-refractivity contribution is 5.96. The third-order valence-corrected chi connectivity index (χ3v) is 4.38. The Morgan fingerprint density at radius 3 is 2.46 bits per heavy atom. The van der Waals surface area contributed by atoms with Crippen molar-refractivity contribution in [3.8, 4) is 11.5 Å². The summed E-state index contributed by atoms with van der Waals surface area (Å²) in [6, 6.07) is 11.1. The van der Waals surface area contributed by atoms with Crippen molar-refractivity contribution in [1.29, 1.82) is 0 Å². The molecule has 3 N–H and O–H groups in total. The van der Waals surface area contributed by atoms with Crippen LogP contribution in [0.3, 0.4) is 0 Å². The number of hydrogen-bond donors (Lipinski definition) is 2. The van der Waals surface area contributed by atoms with Crippen LogP contribution < -0.4 is 20.5 Å². The minimum atomic E-state index is -0.135. The van der Waals surface area contributed by atoms with Crippen LogP contribution in [0, 0.1) is 12.8 Å². The molecule has 6 heteroatoms. The maximum atomic E-state index is 12.8. The van der Waals surface area contributed by atoms with Crippen LogP contribution in [0.15, 0.2) is 36.4 Å². The smallest absolute Gasteiger partial charge is 0.252 e. The molecule has 0 spiro atoms. The third-order valence-electron chi connectivity index (χ3n) is 4.38. The number of anilines is 1. The topological polar surface area (TPSA) is 73.6 Å². The molecule has 0 fully saturated rings. The highest BCUT2D eigenvalue weighted by Crippen LogP contribution is 2.34. The Bertz CT molecular complexity index is 793. The monoisotopic (exact) mass is 376 g/mol. The van der Waals surface area contributed by atoms with Crippen molar-refractivity contribution in [3.05, 3.63) is 53.1 Å². The van der Waals surface area contributed by atoms with Crippen LogP contribution in [-0.4, -0.2) is 19.1 Å². The molecule has 1 heterocycles. The molecule has 0 saturated carbocycles. The standard InChI is InChI=1S/C20H24N2O3.ClH/c1-12(2)19(14-5-7-17-18(10-14)25-9-8-24-17)22-20(23)16-11-15(21)6-4-13(16)3;/h4-7,10-12,19H,8-9,21H2,1-3H3,(H,22,23);1H. The normalized spacial score (nSPS) is 13.7. The van der Waals surface area contributed by atoms with Crippen LogP contribution >= 0.6 is 12.4 Å². The molecule has 1 aliphatic rings. The molecule has 2 aromatic rings. The molecule has 2 aromatic carbocycles. The van der Waals surface area contributed by atoms with Gasteiger partial charge in [-0.3, -0.25) is 4.79 Å². The summed E-state index contributed by atoms with van der Waals surface area (Å²) in [4.78, 5) is 12.8. The number of nitrogens with one attached hydrogen (secondary N) is 1. The van der Waals surface area contributed by atoms with E-state index in [1.54, 1.807) is 12.1 Å². The van der Waals surface area contributed by atoms with E-state index in [9.17, 15) is 4.79 Å². The molecular weight excluding hydrogens is 352 g/mol. The van der Waals surface area contributed by atoms with E-state index in [1.165, 1.54) is 0 Å². The van der Waals surface area contributed by atoms with Gasteiger partial charge in [0.2, 0.25) is 0 Å². The van der Waals surface area contributed by atoms with Gasteiger partial charge in [-0.2, -0.15) is 0 Å². The number of nitrogen functional groups attached to an aromatic ring is 1. The van der Waals surface area contributed by atoms with E-state index in [2.05, 4.69) is 19.2 Å². The van der Waals surface area contributed by atoms with Crippen molar-refractivity contribution >= 4 is 24.0 Å². The van der Waals surface area contributed by atoms with Crippen LogP contribution in [0.5, 0.6) is 11.5 Å². The molecule has 1 amide bonds. The Balaban J connectivity index is 0.00000243. The minimum absolute atomic E-state index is 0. The number of halogens is 1. The van der Waals surface area contributed by atoms with Crippen LogP contribution in [0.2, 0.25) is 0 Å². The predicted molar refractivity (Wildman–Crippen MR) is 105 cm³/mol. The quantitative estimate of drug-likeness (QED) is 0.794. The first-order valence-corrected chi connectivity index (χ1v) is 8.52. The summed E-state index contributed by atoms with van der Waals surface area (Å²) in [6.07, 6.45) is 0. The average Bonchev–Trinajstić information content (AvgIpc) is 2.60. The van der Waals surface area contributed by atoms with E-state index < -0.39 is 0 Å². The first-order valence-electron chi connectivity index (χ1n) is 8.52. The van der Waals surface area contributed by atoms with Crippen molar-refractivity contribution in [2.75, 3.05) is 18.9 Å². The summed E-state index contributed by atoms with van der Waals surface area (Å²) < 4.78 is 11.2. The number of hydrogen-bond acceptors (Lipinski definition) is 4. The Morgan fingerprint density at radius 2 is 1.77 bits per heavy atom. The summed E-state index contributed by atoms with van der Waals surface area (Å²) in [5.74, 6) is 1.56. The van der Waals surface area contributed by atoms with Gasteiger partial charge in [-0.15, -0.1) is 12.4 Å². The minimum Gasteiger partial charge on any atom is -0.486 e. The van der Waals surface area contributed by atoms with E-state index in [1.807, 2.05) is 31.2 Å². The summed E-state index contributed by atoms with van der Waals surface area (Å²) in [6.45, 7) is 7.16. The maximum absolute atomic E-state index is 12.8. The number of rotatable bonds is 4. The molecule has 0 saturated heterocycles. The number of nitrogens with two attached hydrogens (primary N) is 1. The van der Waals surface area contributed by atoms with Crippen molar-refractivity contribution in [2.45, 2.75) is 26.8 Å². The summed E-state index contributed by atoms with van der Waals surface area (Å²) >= 11 is 0. The zero-order valence-corrected chi connectivity index (χ0v) is 16.1. The van der Waals surface area contributed by atoms with Gasteiger partial charge in [0.05, 0.1) is 6.04 Å². The van der Waals surface area contributed by atoms with Gasteiger partial charge >= 0.3 is 0 Å². The van der Waals surface area contributed by atoms with Crippen LogP contribution in [0.4, 0.5) is 5.69 Å². The lowest BCUT2D eigenvalue weighted by atomic mass is 9.94. The van der Waals surface area contributed by atoms with Gasteiger partial charge < -0.3 is 20.5 Å². The van der Waals surface area contributed by atoms with E-state index >= 15 is 0 Å². The molecule has 5 nitrogen and oxygen atoms in total. The Morgan fingerprint density at radius 1 is 1.08 bits per heavy atom. The molecule has 0 aliphatic carbocycles. The van der Waals surface area contributed by atoms with Gasteiger partial charge in [0.25, 0.3) is 5.91 Å². The largest absolute Gasteiger partial charge is 0.486 e. The zero-order valence-electron chi connectivity index (χ0n) is 15.2. The van der Waals surface area contributed by atoms with E-state index in [0.717, 1.165) is 22.6 Å². The lowest BCUT2D eigenvalue weighted by Crippen LogP contribution is -2.32. The van der Waals surface area contributed by atoms with Gasteiger partial charge in [-0.05, 0) is 48.2 Å². The second-order valence-electron chi connectivity index (χ2n) is 6.67. The van der Waals surface area contributed by atoms with Crippen LogP contribution in [-0.2, 0) is 0 Å². The molecular formula is C20H25ClN2O3. The average molecular weight is 377 g/mol. The van der Waals surface area contributed by atoms with Gasteiger partial charge in [-0.1, -0.05) is 26.0 Å². The van der Waals surface area contributed by atoms with Gasteiger partial charge in [0, 0.05) is 11.3 Å². The molecule has 1 atom stereocenters. The zero-order chi connectivity index (χ0) is 18.0. The number of ether oxygens (including phenoxy) is 2. The van der Waals surface area contributed by atoms with E-state index in [-0.39, 0.29) is 30.3 Å². The van der Waals surface area contributed by atoms with Crippen molar-refractivity contribution in [3.63, 3.8) is 0 Å². The second-order valence-corrected chi connectivity index (χ2v) is 6.67. The number of amides is 1. The number of carbonyl (C=O) groups excluding carboxylic acids is 1. The molecule has 0 aromatic heterocycles. The van der Waals surface area contributed by atoms with Gasteiger partial charge in [-0.25, -0.2) is 0 Å². The van der Waals surface area contributed by atoms with Crippen LogP contribution in [0.25, 0.3) is 0 Å². The SMILES string of the molecule is Cc1ccc(N)cc1C(=O)NC(c1ccc2c(c1)OCCO2)C(C)C.Cl. The summed E-state index contributed by atoms with van der Waals surface area (Å²) in [5.41, 5.74) is 8.91. The maximum Gasteiger partial charge on any atom is 0.252 e. The first kappa shape index (κ1) is 19.9. The molecule has 1 unspecified atom stereocenters. The Labute approximate surface area is 160 Å². The summed E-state index contributed by atoms with van der Waals surface area (Å²) in [5, 5.41) is 3.13. The number of fused-ring (bicyclic) bond motifs is 1. The van der Waals surface area contributed by atoms with Gasteiger partial charge in [0.15, 0.2) is 11.5 Å². The second kappa shape index (κ2) is 8.32. The fourth-order valence-electron chi connectivity index (χ4n) is 2.99. The van der Waals surface area contributed by atoms with E-state index in [4.69, 9.17) is 15.2 Å². The lowest BCUT2D eigenvalue weighted by Gasteiger charge is -2.26. The Hall–Kier alpha value is -2.40. The Kier molecular flexibility index (Phi) is 6.37. The highest BCUT2D eigenvalue weighted by atomic mass is 35.5. The predicted octanol–water partition coefficient (Wildman–Crippen LogP) is 3.90. The number of benzene rings is 2. The third kappa shape index (κ3) is 4.22. The molecule has 1 aliphatic heterocycles. The number of carbonyl (C=O) groups is 1. The molecule has 140 valence electrons. The highest BCUT2D eigenvalue weighted by Gasteiger charge is 2.22. The number of aryl methyl sites for hydroxylation is 1. The van der Waals surface area contributed by atoms with Crippen molar-refractivity contribution in [1.82, 2.24) is 5.32 Å². The van der Waals surface area contributed by atoms with Crippen molar-refractivity contribution < 1.29 is 14.3 Å². The first-order chi connectivity index (χ1) is 12.0. The fraction of sp³-hybridized carbons (Fsp3) is 0.350. The molecule has 0 radical (unpaired) electrons.